The average Bonchev–Trinajstić information content (AvgIpc) is 3.33. The Balaban J connectivity index is 4.39. The molecule has 0 aromatic rings. The monoisotopic (exact) mass is 933 g/mol. The Morgan fingerprint density at radius 3 is 1.01 bits per heavy atom. The van der Waals surface area contributed by atoms with Gasteiger partial charge >= 0.3 is 17.9 Å². The van der Waals surface area contributed by atoms with Gasteiger partial charge in [0.25, 0.3) is 0 Å². The van der Waals surface area contributed by atoms with E-state index in [-0.39, 0.29) is 37.5 Å². The quantitative estimate of drug-likeness (QED) is 0.0262. The second kappa shape index (κ2) is 55.2. The second-order valence-corrected chi connectivity index (χ2v) is 18.5. The first kappa shape index (κ1) is 63.6. The Labute approximate surface area is 414 Å². The molecule has 1 atom stereocenters. The lowest BCUT2D eigenvalue weighted by Crippen LogP contribution is -2.30. The Morgan fingerprint density at radius 2 is 0.612 bits per heavy atom. The molecule has 384 valence electrons. The van der Waals surface area contributed by atoms with Crippen LogP contribution in [0, 0.1) is 0 Å². The molecule has 67 heavy (non-hydrogen) atoms. The second-order valence-electron chi connectivity index (χ2n) is 18.5. The van der Waals surface area contributed by atoms with E-state index in [9.17, 15) is 14.4 Å². The van der Waals surface area contributed by atoms with Crippen molar-refractivity contribution in [1.82, 2.24) is 0 Å². The van der Waals surface area contributed by atoms with Gasteiger partial charge in [0.1, 0.15) is 13.2 Å². The van der Waals surface area contributed by atoms with E-state index in [1.54, 1.807) is 0 Å². The summed E-state index contributed by atoms with van der Waals surface area (Å²) in [6, 6.07) is 0. The van der Waals surface area contributed by atoms with Crippen LogP contribution < -0.4 is 0 Å². The molecule has 0 amide bonds. The van der Waals surface area contributed by atoms with E-state index >= 15 is 0 Å². The van der Waals surface area contributed by atoms with Gasteiger partial charge in [0.05, 0.1) is 0 Å². The van der Waals surface area contributed by atoms with Crippen molar-refractivity contribution in [1.29, 1.82) is 0 Å². The minimum atomic E-state index is -0.805. The maximum Gasteiger partial charge on any atom is 0.306 e. The van der Waals surface area contributed by atoms with Gasteiger partial charge in [-0.2, -0.15) is 0 Å². The smallest absolute Gasteiger partial charge is 0.306 e. The van der Waals surface area contributed by atoms with Crippen molar-refractivity contribution in [3.8, 4) is 0 Å². The van der Waals surface area contributed by atoms with E-state index in [2.05, 4.69) is 106 Å². The third kappa shape index (κ3) is 53.4. The number of carbonyl (C=O) groups is 3. The van der Waals surface area contributed by atoms with E-state index in [0.29, 0.717) is 19.3 Å². The first-order chi connectivity index (χ1) is 33.0. The molecule has 0 aromatic heterocycles. The minimum Gasteiger partial charge on any atom is -0.462 e. The maximum atomic E-state index is 12.8. The van der Waals surface area contributed by atoms with E-state index in [0.717, 1.165) is 109 Å². The van der Waals surface area contributed by atoms with Crippen LogP contribution in [0.1, 0.15) is 265 Å². The summed E-state index contributed by atoms with van der Waals surface area (Å²) in [5.74, 6) is -0.955. The Morgan fingerprint density at radius 1 is 0.313 bits per heavy atom. The van der Waals surface area contributed by atoms with E-state index in [4.69, 9.17) is 14.2 Å². The zero-order chi connectivity index (χ0) is 48.6. The van der Waals surface area contributed by atoms with Crippen molar-refractivity contribution in [2.75, 3.05) is 13.2 Å². The lowest BCUT2D eigenvalue weighted by molar-refractivity contribution is -0.167. The average molecular weight is 933 g/mol. The van der Waals surface area contributed by atoms with Crippen LogP contribution in [-0.2, 0) is 28.6 Å². The summed E-state index contributed by atoms with van der Waals surface area (Å²) in [7, 11) is 0. The van der Waals surface area contributed by atoms with Gasteiger partial charge in [-0.1, -0.05) is 221 Å². The molecule has 0 spiro atoms. The molecule has 0 aliphatic carbocycles. The Bertz CT molecular complexity index is 1300. The molecule has 0 N–H and O–H groups in total. The van der Waals surface area contributed by atoms with E-state index < -0.39 is 6.10 Å². The minimum absolute atomic E-state index is 0.0989. The number of allylic oxidation sites excluding steroid dienone is 14. The van der Waals surface area contributed by atoms with Crippen molar-refractivity contribution in [2.24, 2.45) is 0 Å². The van der Waals surface area contributed by atoms with Gasteiger partial charge < -0.3 is 14.2 Å². The topological polar surface area (TPSA) is 78.9 Å². The molecule has 0 aliphatic rings. The summed E-state index contributed by atoms with van der Waals surface area (Å²) < 4.78 is 16.8. The van der Waals surface area contributed by atoms with Gasteiger partial charge in [0.2, 0.25) is 0 Å². The fourth-order valence-electron chi connectivity index (χ4n) is 7.64. The highest BCUT2D eigenvalue weighted by Gasteiger charge is 2.19. The van der Waals surface area contributed by atoms with Gasteiger partial charge in [-0.25, -0.2) is 0 Å². The highest BCUT2D eigenvalue weighted by Crippen LogP contribution is 2.15. The molecule has 0 heterocycles. The summed E-state index contributed by atoms with van der Waals surface area (Å²) in [5, 5.41) is 0. The summed E-state index contributed by atoms with van der Waals surface area (Å²) >= 11 is 0. The third-order valence-corrected chi connectivity index (χ3v) is 11.8. The van der Waals surface area contributed by atoms with Crippen molar-refractivity contribution in [3.63, 3.8) is 0 Å². The molecule has 0 saturated heterocycles. The number of unbranched alkanes of at least 4 members (excludes halogenated alkanes) is 25. The summed E-state index contributed by atoms with van der Waals surface area (Å²) in [6.07, 6.45) is 71.5. The number of esters is 3. The molecule has 0 saturated carbocycles. The molecule has 0 radical (unpaired) electrons. The number of hydrogen-bond donors (Lipinski definition) is 0. The van der Waals surface area contributed by atoms with Crippen LogP contribution in [0.15, 0.2) is 85.1 Å². The number of ether oxygens (including phenoxy) is 3. The number of hydrogen-bond acceptors (Lipinski definition) is 6. The summed E-state index contributed by atoms with van der Waals surface area (Å²) in [4.78, 5) is 38.1. The summed E-state index contributed by atoms with van der Waals surface area (Å²) in [5.41, 5.74) is 0. The highest BCUT2D eigenvalue weighted by molar-refractivity contribution is 5.71. The predicted octanol–water partition coefficient (Wildman–Crippen LogP) is 18.8. The molecule has 0 fully saturated rings. The molecule has 6 heteroatoms. The van der Waals surface area contributed by atoms with Gasteiger partial charge in [-0.15, -0.1) is 0 Å². The predicted molar refractivity (Wildman–Crippen MR) is 288 cm³/mol. The molecule has 0 aromatic carbocycles. The maximum absolute atomic E-state index is 12.8. The highest BCUT2D eigenvalue weighted by atomic mass is 16.6. The molecular formula is C61H104O6. The standard InChI is InChI=1S/C61H104O6/c1-4-7-10-13-16-19-22-25-27-28-29-30-31-32-34-36-39-42-45-48-51-54-60(63)66-57-58(56-65-59(62)53-50-47-44-41-38-35-24-21-18-15-12-9-6-3)67-61(64)55-52-49-46-43-40-37-33-26-23-20-17-14-11-8-5-2/h8,11-12,15,17,20-21,24,26,28-29,33,40,43,58H,4-7,9-10,13-14,16,18-19,22-23,25,27,30-32,34-39,41-42,44-57H2,1-3H3/b11-8-,15-12-,20-17-,24-21-,29-28-,33-26-,43-40-. The van der Waals surface area contributed by atoms with Crippen LogP contribution in [0.4, 0.5) is 0 Å². The van der Waals surface area contributed by atoms with E-state index in [1.165, 1.54) is 109 Å². The third-order valence-electron chi connectivity index (χ3n) is 11.8. The zero-order valence-corrected chi connectivity index (χ0v) is 43.9. The van der Waals surface area contributed by atoms with Crippen molar-refractivity contribution in [2.45, 2.75) is 271 Å². The van der Waals surface area contributed by atoms with Crippen LogP contribution in [0.5, 0.6) is 0 Å². The van der Waals surface area contributed by atoms with Crippen LogP contribution in [0.3, 0.4) is 0 Å². The van der Waals surface area contributed by atoms with Gasteiger partial charge in [0, 0.05) is 19.3 Å². The molecule has 0 bridgehead atoms. The summed E-state index contributed by atoms with van der Waals surface area (Å²) in [6.45, 7) is 6.42. The molecular weight excluding hydrogens is 829 g/mol. The van der Waals surface area contributed by atoms with Crippen LogP contribution >= 0.6 is 0 Å². The van der Waals surface area contributed by atoms with Crippen LogP contribution in [0.2, 0.25) is 0 Å². The zero-order valence-electron chi connectivity index (χ0n) is 43.9. The molecule has 0 rings (SSSR count). The van der Waals surface area contributed by atoms with Gasteiger partial charge in [-0.3, -0.25) is 14.4 Å². The fourth-order valence-corrected chi connectivity index (χ4v) is 7.64. The van der Waals surface area contributed by atoms with Crippen molar-refractivity contribution < 1.29 is 28.6 Å². The lowest BCUT2D eigenvalue weighted by Gasteiger charge is -2.18. The Hall–Kier alpha value is -3.41. The lowest BCUT2D eigenvalue weighted by atomic mass is 10.1. The first-order valence-corrected chi connectivity index (χ1v) is 28.1. The van der Waals surface area contributed by atoms with E-state index in [1.807, 2.05) is 0 Å². The van der Waals surface area contributed by atoms with Gasteiger partial charge in [0.15, 0.2) is 6.10 Å². The number of carbonyl (C=O) groups excluding carboxylic acids is 3. The molecule has 6 nitrogen and oxygen atoms in total. The largest absolute Gasteiger partial charge is 0.462 e. The molecule has 1 unspecified atom stereocenters. The van der Waals surface area contributed by atoms with Gasteiger partial charge in [-0.05, 0) is 109 Å². The van der Waals surface area contributed by atoms with Crippen molar-refractivity contribution >= 4 is 17.9 Å². The van der Waals surface area contributed by atoms with Crippen LogP contribution in [0.25, 0.3) is 0 Å². The van der Waals surface area contributed by atoms with Crippen LogP contribution in [-0.4, -0.2) is 37.2 Å². The normalized spacial score (nSPS) is 12.7. The Kier molecular flexibility index (Phi) is 52.4. The number of rotatable bonds is 50. The van der Waals surface area contributed by atoms with Crippen molar-refractivity contribution in [3.05, 3.63) is 85.1 Å². The first-order valence-electron chi connectivity index (χ1n) is 28.1. The molecule has 0 aliphatic heterocycles. The fraction of sp³-hybridized carbons (Fsp3) is 0.721. The SMILES string of the molecule is CC/C=C\C/C=C\C/C=C\C/C=C\CCCCC(=O)OC(COC(=O)CCCCCCC/C=C\C/C=C\CCC)COC(=O)CCCCCCCCCCC/C=C\CCCCCCCCCC.